The van der Waals surface area contributed by atoms with Crippen LogP contribution in [0.4, 0.5) is 0 Å². The van der Waals surface area contributed by atoms with Crippen LogP contribution in [-0.2, 0) is 23.1 Å². The Morgan fingerprint density at radius 1 is 1.40 bits per heavy atom. The van der Waals surface area contributed by atoms with E-state index < -0.39 is 10.0 Å². The molecule has 0 unspecified atom stereocenters. The first-order valence-corrected chi connectivity index (χ1v) is 8.72. The topological polar surface area (TPSA) is 86.9 Å². The number of hydrogen-bond acceptors (Lipinski definition) is 5. The van der Waals surface area contributed by atoms with Crippen molar-refractivity contribution in [1.29, 1.82) is 0 Å². The van der Waals surface area contributed by atoms with E-state index >= 15 is 0 Å². The van der Waals surface area contributed by atoms with Gasteiger partial charge in [0.1, 0.15) is 0 Å². The molecule has 3 N–H and O–H groups in total. The van der Waals surface area contributed by atoms with Crippen LogP contribution in [0.1, 0.15) is 23.7 Å². The quantitative estimate of drug-likeness (QED) is 0.720. The zero-order valence-electron chi connectivity index (χ0n) is 11.4. The van der Waals surface area contributed by atoms with Crippen LogP contribution < -0.4 is 10.0 Å². The Morgan fingerprint density at radius 2 is 2.20 bits per heavy atom. The number of aryl methyl sites for hydroxylation is 1. The van der Waals surface area contributed by atoms with Crippen molar-refractivity contribution in [3.63, 3.8) is 0 Å². The second-order valence-corrected chi connectivity index (χ2v) is 6.83. The molecule has 2 aromatic heterocycles. The van der Waals surface area contributed by atoms with Crippen molar-refractivity contribution >= 4 is 21.4 Å². The first-order valence-electron chi connectivity index (χ1n) is 6.30. The van der Waals surface area contributed by atoms with Gasteiger partial charge in [0.2, 0.25) is 0 Å². The molecule has 20 heavy (non-hydrogen) atoms. The Bertz CT molecular complexity index is 647. The summed E-state index contributed by atoms with van der Waals surface area (Å²) in [5.74, 6) is 0. The molecular formula is C12H18N4O2S2. The van der Waals surface area contributed by atoms with Crippen molar-refractivity contribution in [2.24, 2.45) is 0 Å². The Kier molecular flexibility index (Phi) is 4.92. The molecule has 2 rings (SSSR count). The van der Waals surface area contributed by atoms with Gasteiger partial charge in [0, 0.05) is 24.3 Å². The molecule has 0 aliphatic rings. The van der Waals surface area contributed by atoms with Crippen LogP contribution in [0.3, 0.4) is 0 Å². The SMILES string of the molecule is CCNCc1c(S(=O)(=O)NCc2ccsc2)n[nH]c1C. The molecule has 0 aliphatic heterocycles. The first-order chi connectivity index (χ1) is 9.54. The van der Waals surface area contributed by atoms with Crippen LogP contribution in [-0.4, -0.2) is 25.2 Å². The summed E-state index contributed by atoms with van der Waals surface area (Å²) in [6, 6.07) is 1.89. The maximum absolute atomic E-state index is 12.3. The number of rotatable bonds is 7. The molecule has 2 aromatic rings. The van der Waals surface area contributed by atoms with Gasteiger partial charge in [0.05, 0.1) is 0 Å². The molecule has 0 atom stereocenters. The molecule has 0 bridgehead atoms. The standard InChI is InChI=1S/C12H18N4O2S2/c1-3-13-7-11-9(2)15-16-12(11)20(17,18)14-6-10-4-5-19-8-10/h4-5,8,13-14H,3,6-7H2,1-2H3,(H,15,16). The van der Waals surface area contributed by atoms with Gasteiger partial charge in [-0.3, -0.25) is 5.10 Å². The first kappa shape index (κ1) is 15.2. The molecule has 0 fully saturated rings. The highest BCUT2D eigenvalue weighted by Crippen LogP contribution is 2.16. The van der Waals surface area contributed by atoms with E-state index in [2.05, 4.69) is 20.2 Å². The highest BCUT2D eigenvalue weighted by molar-refractivity contribution is 7.89. The Morgan fingerprint density at radius 3 is 2.85 bits per heavy atom. The minimum atomic E-state index is -3.60. The van der Waals surface area contributed by atoms with Crippen molar-refractivity contribution < 1.29 is 8.42 Å². The van der Waals surface area contributed by atoms with E-state index in [1.807, 2.05) is 30.7 Å². The van der Waals surface area contributed by atoms with E-state index in [1.165, 1.54) is 11.3 Å². The fourth-order valence-electron chi connectivity index (χ4n) is 1.75. The van der Waals surface area contributed by atoms with Gasteiger partial charge in [0.25, 0.3) is 10.0 Å². The number of H-pyrrole nitrogens is 1. The lowest BCUT2D eigenvalue weighted by atomic mass is 10.2. The number of hydrogen-bond donors (Lipinski definition) is 3. The van der Waals surface area contributed by atoms with Crippen LogP contribution in [0, 0.1) is 6.92 Å². The van der Waals surface area contributed by atoms with Gasteiger partial charge in [-0.25, -0.2) is 13.1 Å². The average molecular weight is 314 g/mol. The van der Waals surface area contributed by atoms with Gasteiger partial charge in [-0.1, -0.05) is 6.92 Å². The lowest BCUT2D eigenvalue weighted by Crippen LogP contribution is -2.25. The molecule has 0 saturated heterocycles. The molecule has 0 spiro atoms. The van der Waals surface area contributed by atoms with E-state index in [0.29, 0.717) is 12.1 Å². The van der Waals surface area contributed by atoms with Crippen molar-refractivity contribution in [3.05, 3.63) is 33.6 Å². The minimum Gasteiger partial charge on any atom is -0.313 e. The van der Waals surface area contributed by atoms with Gasteiger partial charge in [0.15, 0.2) is 5.03 Å². The van der Waals surface area contributed by atoms with Crippen LogP contribution in [0.15, 0.2) is 21.9 Å². The molecule has 0 aromatic carbocycles. The number of aromatic amines is 1. The number of nitrogens with zero attached hydrogens (tertiary/aromatic N) is 1. The Labute approximate surface area is 122 Å². The fraction of sp³-hybridized carbons (Fsp3) is 0.417. The molecule has 0 amide bonds. The van der Waals surface area contributed by atoms with E-state index in [1.54, 1.807) is 0 Å². The van der Waals surface area contributed by atoms with Crippen molar-refractivity contribution in [2.45, 2.75) is 32.0 Å². The van der Waals surface area contributed by atoms with Crippen molar-refractivity contribution in [3.8, 4) is 0 Å². The second kappa shape index (κ2) is 6.49. The van der Waals surface area contributed by atoms with Crippen LogP contribution in [0.5, 0.6) is 0 Å². The van der Waals surface area contributed by atoms with E-state index in [9.17, 15) is 8.42 Å². The van der Waals surface area contributed by atoms with Crippen LogP contribution in [0.2, 0.25) is 0 Å². The largest absolute Gasteiger partial charge is 0.313 e. The zero-order valence-corrected chi connectivity index (χ0v) is 13.1. The zero-order chi connectivity index (χ0) is 14.6. The third-order valence-corrected chi connectivity index (χ3v) is 4.99. The molecule has 110 valence electrons. The van der Waals surface area contributed by atoms with Gasteiger partial charge in [-0.2, -0.15) is 16.4 Å². The smallest absolute Gasteiger partial charge is 0.260 e. The Balaban J connectivity index is 2.16. The average Bonchev–Trinajstić information content (AvgIpc) is 3.04. The molecule has 8 heteroatoms. The lowest BCUT2D eigenvalue weighted by Gasteiger charge is -2.07. The summed E-state index contributed by atoms with van der Waals surface area (Å²) in [4.78, 5) is 0. The van der Waals surface area contributed by atoms with Crippen LogP contribution in [0.25, 0.3) is 0 Å². The lowest BCUT2D eigenvalue weighted by molar-refractivity contribution is 0.574. The van der Waals surface area contributed by atoms with Crippen LogP contribution >= 0.6 is 11.3 Å². The third-order valence-electron chi connectivity index (χ3n) is 2.89. The Hall–Kier alpha value is -1.22. The monoisotopic (exact) mass is 314 g/mol. The van der Waals surface area contributed by atoms with Gasteiger partial charge < -0.3 is 5.32 Å². The summed E-state index contributed by atoms with van der Waals surface area (Å²) in [7, 11) is -3.60. The van der Waals surface area contributed by atoms with E-state index in [0.717, 1.165) is 17.8 Å². The molecule has 0 radical (unpaired) electrons. The van der Waals surface area contributed by atoms with Gasteiger partial charge in [-0.05, 0) is 35.9 Å². The predicted octanol–water partition coefficient (Wildman–Crippen LogP) is 1.37. The number of nitrogens with one attached hydrogen (secondary N) is 3. The molecule has 6 nitrogen and oxygen atoms in total. The van der Waals surface area contributed by atoms with Gasteiger partial charge >= 0.3 is 0 Å². The highest BCUT2D eigenvalue weighted by atomic mass is 32.2. The normalized spacial score (nSPS) is 11.9. The van der Waals surface area contributed by atoms with Crippen molar-refractivity contribution in [1.82, 2.24) is 20.2 Å². The molecule has 2 heterocycles. The van der Waals surface area contributed by atoms with Crippen molar-refractivity contribution in [2.75, 3.05) is 6.54 Å². The summed E-state index contributed by atoms with van der Waals surface area (Å²) in [5, 5.41) is 13.7. The highest BCUT2D eigenvalue weighted by Gasteiger charge is 2.23. The van der Waals surface area contributed by atoms with E-state index in [4.69, 9.17) is 0 Å². The van der Waals surface area contributed by atoms with E-state index in [-0.39, 0.29) is 11.6 Å². The summed E-state index contributed by atoms with van der Waals surface area (Å²) in [5.41, 5.74) is 2.39. The summed E-state index contributed by atoms with van der Waals surface area (Å²) in [6.45, 7) is 5.31. The minimum absolute atomic E-state index is 0.0752. The molecule has 0 aliphatic carbocycles. The summed E-state index contributed by atoms with van der Waals surface area (Å²) in [6.07, 6.45) is 0. The maximum atomic E-state index is 12.3. The predicted molar refractivity (Wildman–Crippen MR) is 79.0 cm³/mol. The summed E-state index contributed by atoms with van der Waals surface area (Å²) >= 11 is 1.54. The number of sulfonamides is 1. The maximum Gasteiger partial charge on any atom is 0.260 e. The third kappa shape index (κ3) is 3.45. The van der Waals surface area contributed by atoms with Gasteiger partial charge in [-0.15, -0.1) is 0 Å². The summed E-state index contributed by atoms with van der Waals surface area (Å²) < 4.78 is 27.2. The fourth-order valence-corrected chi connectivity index (χ4v) is 3.63. The second-order valence-electron chi connectivity index (χ2n) is 4.37. The molecule has 0 saturated carbocycles. The molecular weight excluding hydrogens is 296 g/mol. The number of thiophene rings is 1. The number of aromatic nitrogens is 2.